The Kier molecular flexibility index (Phi) is 4.49. The third-order valence-corrected chi connectivity index (χ3v) is 4.92. The molecule has 3 amide bonds. The predicted octanol–water partition coefficient (Wildman–Crippen LogP) is 2.34. The maximum Gasteiger partial charge on any atom is 0.261 e. The van der Waals surface area contributed by atoms with E-state index in [0.29, 0.717) is 36.4 Å². The molecule has 0 N–H and O–H groups in total. The lowest BCUT2D eigenvalue weighted by molar-refractivity contribution is -0.0124. The molecule has 2 aromatic carbocycles. The Bertz CT molecular complexity index is 889. The van der Waals surface area contributed by atoms with Crippen LogP contribution in [0.25, 0.3) is 0 Å². The summed E-state index contributed by atoms with van der Waals surface area (Å²) in [6.45, 7) is 3.74. The summed E-state index contributed by atoms with van der Waals surface area (Å²) in [4.78, 5) is 40.8. The molecule has 6 heteroatoms. The van der Waals surface area contributed by atoms with Crippen LogP contribution in [-0.4, -0.2) is 53.3 Å². The number of imide groups is 1. The van der Waals surface area contributed by atoms with E-state index in [1.165, 1.54) is 4.90 Å². The van der Waals surface area contributed by atoms with Gasteiger partial charge in [-0.05, 0) is 36.8 Å². The number of fused-ring (bicyclic) bond motifs is 1. The predicted molar refractivity (Wildman–Crippen MR) is 98.4 cm³/mol. The Morgan fingerprint density at radius 2 is 1.78 bits per heavy atom. The highest BCUT2D eigenvalue weighted by atomic mass is 16.5. The lowest BCUT2D eigenvalue weighted by Gasteiger charge is -2.31. The molecular weight excluding hydrogens is 344 g/mol. The summed E-state index contributed by atoms with van der Waals surface area (Å²) < 4.78 is 5.49. The monoisotopic (exact) mass is 364 g/mol. The van der Waals surface area contributed by atoms with Crippen molar-refractivity contribution >= 4 is 17.7 Å². The van der Waals surface area contributed by atoms with Crippen molar-refractivity contribution < 1.29 is 19.1 Å². The molecule has 6 nitrogen and oxygen atoms in total. The van der Waals surface area contributed by atoms with Crippen molar-refractivity contribution in [3.8, 4) is 0 Å². The standard InChI is InChI=1S/C21H20N2O4/c1-14-12-22(9-10-27-14)19(24)16-6-4-5-15(11-16)13-23-20(25)17-7-2-3-8-18(17)21(23)26/h2-8,11,14H,9-10,12-13H2,1H3/t14-/m0/s1. The highest BCUT2D eigenvalue weighted by molar-refractivity contribution is 6.21. The van der Waals surface area contributed by atoms with Crippen LogP contribution in [-0.2, 0) is 11.3 Å². The van der Waals surface area contributed by atoms with Crippen LogP contribution in [0.15, 0.2) is 48.5 Å². The van der Waals surface area contributed by atoms with E-state index in [1.807, 2.05) is 13.0 Å². The van der Waals surface area contributed by atoms with Crippen LogP contribution in [0.1, 0.15) is 43.6 Å². The Morgan fingerprint density at radius 3 is 2.44 bits per heavy atom. The van der Waals surface area contributed by atoms with Crippen LogP contribution in [0.4, 0.5) is 0 Å². The summed E-state index contributed by atoms with van der Waals surface area (Å²) in [6.07, 6.45) is 0.0178. The molecule has 2 aliphatic rings. The third kappa shape index (κ3) is 3.24. The first-order valence-electron chi connectivity index (χ1n) is 8.99. The maximum atomic E-state index is 12.8. The minimum absolute atomic E-state index is 0.0178. The number of amides is 3. The van der Waals surface area contributed by atoms with Crippen molar-refractivity contribution in [1.82, 2.24) is 9.80 Å². The van der Waals surface area contributed by atoms with Crippen LogP contribution in [0.3, 0.4) is 0 Å². The number of carbonyl (C=O) groups excluding carboxylic acids is 3. The number of benzene rings is 2. The Hall–Kier alpha value is -2.99. The highest BCUT2D eigenvalue weighted by Gasteiger charge is 2.35. The SMILES string of the molecule is C[C@H]1CN(C(=O)c2cccc(CN3C(=O)c4ccccc4C3=O)c2)CCO1. The number of hydrogen-bond acceptors (Lipinski definition) is 4. The number of morpholine rings is 1. The zero-order valence-corrected chi connectivity index (χ0v) is 15.1. The number of nitrogens with zero attached hydrogens (tertiary/aromatic N) is 2. The first-order chi connectivity index (χ1) is 13.0. The van der Waals surface area contributed by atoms with Crippen molar-refractivity contribution in [2.75, 3.05) is 19.7 Å². The van der Waals surface area contributed by atoms with E-state index in [2.05, 4.69) is 0 Å². The van der Waals surface area contributed by atoms with E-state index >= 15 is 0 Å². The third-order valence-electron chi connectivity index (χ3n) is 4.92. The van der Waals surface area contributed by atoms with Gasteiger partial charge in [0.2, 0.25) is 0 Å². The van der Waals surface area contributed by atoms with Gasteiger partial charge in [-0.15, -0.1) is 0 Å². The lowest BCUT2D eigenvalue weighted by atomic mass is 10.1. The van der Waals surface area contributed by atoms with Crippen LogP contribution < -0.4 is 0 Å². The maximum absolute atomic E-state index is 12.8. The second-order valence-corrected chi connectivity index (χ2v) is 6.87. The van der Waals surface area contributed by atoms with Gasteiger partial charge in [-0.25, -0.2) is 0 Å². The largest absolute Gasteiger partial charge is 0.375 e. The first-order valence-corrected chi connectivity index (χ1v) is 8.99. The molecule has 0 aromatic heterocycles. The van der Waals surface area contributed by atoms with Crippen LogP contribution in [0.2, 0.25) is 0 Å². The van der Waals surface area contributed by atoms with Gasteiger partial charge in [-0.2, -0.15) is 0 Å². The van der Waals surface area contributed by atoms with Crippen molar-refractivity contribution in [2.24, 2.45) is 0 Å². The number of carbonyl (C=O) groups is 3. The van der Waals surface area contributed by atoms with E-state index < -0.39 is 0 Å². The fourth-order valence-electron chi connectivity index (χ4n) is 3.55. The van der Waals surface area contributed by atoms with E-state index in [-0.39, 0.29) is 30.4 Å². The van der Waals surface area contributed by atoms with E-state index in [1.54, 1.807) is 47.4 Å². The summed E-state index contributed by atoms with van der Waals surface area (Å²) in [6, 6.07) is 13.9. The molecule has 27 heavy (non-hydrogen) atoms. The van der Waals surface area contributed by atoms with Crippen molar-refractivity contribution in [3.63, 3.8) is 0 Å². The van der Waals surface area contributed by atoms with Gasteiger partial charge in [-0.3, -0.25) is 19.3 Å². The molecule has 0 spiro atoms. The lowest BCUT2D eigenvalue weighted by Crippen LogP contribution is -2.44. The molecule has 1 fully saturated rings. The topological polar surface area (TPSA) is 66.9 Å². The zero-order chi connectivity index (χ0) is 19.0. The Balaban J connectivity index is 1.53. The van der Waals surface area contributed by atoms with Crippen molar-refractivity contribution in [2.45, 2.75) is 19.6 Å². The Morgan fingerprint density at radius 1 is 1.07 bits per heavy atom. The molecule has 0 unspecified atom stereocenters. The molecule has 0 aliphatic carbocycles. The van der Waals surface area contributed by atoms with Gasteiger partial charge < -0.3 is 9.64 Å². The second kappa shape index (κ2) is 6.96. The fourth-order valence-corrected chi connectivity index (χ4v) is 3.55. The molecule has 2 heterocycles. The van der Waals surface area contributed by atoms with Gasteiger partial charge in [0.15, 0.2) is 0 Å². The average Bonchev–Trinajstić information content (AvgIpc) is 2.93. The van der Waals surface area contributed by atoms with Gasteiger partial charge in [0.25, 0.3) is 17.7 Å². The fraction of sp³-hybridized carbons (Fsp3) is 0.286. The van der Waals surface area contributed by atoms with E-state index in [4.69, 9.17) is 4.74 Å². The number of rotatable bonds is 3. The van der Waals surface area contributed by atoms with Gasteiger partial charge in [0.05, 0.1) is 30.4 Å². The molecular formula is C21H20N2O4. The average molecular weight is 364 g/mol. The minimum Gasteiger partial charge on any atom is -0.375 e. The number of ether oxygens (including phenoxy) is 1. The highest BCUT2D eigenvalue weighted by Crippen LogP contribution is 2.24. The molecule has 0 radical (unpaired) electrons. The summed E-state index contributed by atoms with van der Waals surface area (Å²) >= 11 is 0. The summed E-state index contributed by atoms with van der Waals surface area (Å²) in [5.74, 6) is -0.655. The van der Waals surface area contributed by atoms with Gasteiger partial charge in [0, 0.05) is 18.7 Å². The molecule has 1 atom stereocenters. The molecule has 0 saturated carbocycles. The molecule has 4 rings (SSSR count). The smallest absolute Gasteiger partial charge is 0.261 e. The quantitative estimate of drug-likeness (QED) is 0.784. The Labute approximate surface area is 157 Å². The van der Waals surface area contributed by atoms with Crippen LogP contribution in [0.5, 0.6) is 0 Å². The zero-order valence-electron chi connectivity index (χ0n) is 15.1. The molecule has 2 aliphatic heterocycles. The minimum atomic E-state index is -0.297. The first kappa shape index (κ1) is 17.4. The van der Waals surface area contributed by atoms with Gasteiger partial charge in [0.1, 0.15) is 0 Å². The summed E-state index contributed by atoms with van der Waals surface area (Å²) in [7, 11) is 0. The van der Waals surface area contributed by atoms with Crippen LogP contribution in [0, 0.1) is 0 Å². The van der Waals surface area contributed by atoms with Crippen LogP contribution >= 0.6 is 0 Å². The summed E-state index contributed by atoms with van der Waals surface area (Å²) in [5, 5.41) is 0. The molecule has 138 valence electrons. The van der Waals surface area contributed by atoms with Crippen molar-refractivity contribution in [1.29, 1.82) is 0 Å². The second-order valence-electron chi connectivity index (χ2n) is 6.87. The molecule has 1 saturated heterocycles. The normalized spacial score (nSPS) is 19.4. The van der Waals surface area contributed by atoms with E-state index in [0.717, 1.165) is 5.56 Å². The van der Waals surface area contributed by atoms with Gasteiger partial charge in [-0.1, -0.05) is 24.3 Å². The van der Waals surface area contributed by atoms with E-state index in [9.17, 15) is 14.4 Å². The molecule has 2 aromatic rings. The molecule has 0 bridgehead atoms. The summed E-state index contributed by atoms with van der Waals surface area (Å²) in [5.41, 5.74) is 2.16. The van der Waals surface area contributed by atoms with Crippen molar-refractivity contribution in [3.05, 3.63) is 70.8 Å². The number of hydrogen-bond donors (Lipinski definition) is 0. The van der Waals surface area contributed by atoms with Gasteiger partial charge >= 0.3 is 0 Å².